The molecule has 0 heterocycles. The third-order valence-electron chi connectivity index (χ3n) is 2.64. The van der Waals surface area contributed by atoms with E-state index in [-0.39, 0.29) is 17.7 Å². The summed E-state index contributed by atoms with van der Waals surface area (Å²) in [4.78, 5) is 11.4. The van der Waals surface area contributed by atoms with E-state index in [1.807, 2.05) is 6.92 Å². The first-order chi connectivity index (χ1) is 7.60. The van der Waals surface area contributed by atoms with Crippen LogP contribution in [-0.2, 0) is 16.0 Å². The zero-order chi connectivity index (χ0) is 12.1. The number of halogens is 1. The Bertz CT molecular complexity index is 374. The fraction of sp³-hybridized carbons (Fsp3) is 0.462. The summed E-state index contributed by atoms with van der Waals surface area (Å²) in [6.45, 7) is 3.75. The monoisotopic (exact) mass is 224 g/mol. The van der Waals surface area contributed by atoms with Gasteiger partial charge in [-0.15, -0.1) is 0 Å². The molecule has 0 saturated carbocycles. The Balaban J connectivity index is 2.97. The van der Waals surface area contributed by atoms with Crippen molar-refractivity contribution in [1.82, 2.24) is 0 Å². The molecule has 1 aromatic carbocycles. The highest BCUT2D eigenvalue weighted by Gasteiger charge is 2.16. The van der Waals surface area contributed by atoms with Gasteiger partial charge in [-0.2, -0.15) is 0 Å². The largest absolute Gasteiger partial charge is 0.469 e. The number of hydrogen-bond acceptors (Lipinski definition) is 2. The molecule has 1 aromatic rings. The molecule has 0 bridgehead atoms. The highest BCUT2D eigenvalue weighted by Crippen LogP contribution is 2.20. The molecule has 0 amide bonds. The van der Waals surface area contributed by atoms with Gasteiger partial charge in [0.15, 0.2) is 0 Å². The molecule has 0 aliphatic carbocycles. The molecule has 0 aliphatic heterocycles. The van der Waals surface area contributed by atoms with Crippen LogP contribution >= 0.6 is 0 Å². The topological polar surface area (TPSA) is 26.3 Å². The van der Waals surface area contributed by atoms with E-state index >= 15 is 0 Å². The third kappa shape index (κ3) is 2.81. The Kier molecular flexibility index (Phi) is 4.47. The van der Waals surface area contributed by atoms with Crippen molar-refractivity contribution in [1.29, 1.82) is 0 Å². The predicted octanol–water partition coefficient (Wildman–Crippen LogP) is 3.05. The number of esters is 1. The minimum Gasteiger partial charge on any atom is -0.469 e. The van der Waals surface area contributed by atoms with Crippen LogP contribution in [0.4, 0.5) is 4.39 Å². The van der Waals surface area contributed by atoms with Gasteiger partial charge < -0.3 is 4.74 Å². The minimum atomic E-state index is -0.346. The first kappa shape index (κ1) is 12.7. The Morgan fingerprint density at radius 1 is 1.50 bits per heavy atom. The second kappa shape index (κ2) is 5.64. The lowest BCUT2D eigenvalue weighted by atomic mass is 9.97. The lowest BCUT2D eigenvalue weighted by Gasteiger charge is -2.11. The number of carbonyl (C=O) groups is 1. The number of methoxy groups -OCH3 is 1. The van der Waals surface area contributed by atoms with Crippen molar-refractivity contribution in [2.24, 2.45) is 0 Å². The van der Waals surface area contributed by atoms with Crippen LogP contribution in [0.15, 0.2) is 18.2 Å². The van der Waals surface area contributed by atoms with Crippen LogP contribution in [0.3, 0.4) is 0 Å². The molecule has 1 unspecified atom stereocenters. The van der Waals surface area contributed by atoms with Crippen LogP contribution in [0.25, 0.3) is 0 Å². The molecule has 0 aliphatic rings. The Labute approximate surface area is 95.4 Å². The second-order valence-corrected chi connectivity index (χ2v) is 3.85. The number of benzene rings is 1. The lowest BCUT2D eigenvalue weighted by molar-refractivity contribution is -0.141. The van der Waals surface area contributed by atoms with Crippen molar-refractivity contribution in [2.45, 2.75) is 32.6 Å². The summed E-state index contributed by atoms with van der Waals surface area (Å²) in [5, 5.41) is 0. The minimum absolute atomic E-state index is 0.206. The number of hydrogen-bond donors (Lipinski definition) is 0. The second-order valence-electron chi connectivity index (χ2n) is 3.85. The average Bonchev–Trinajstić information content (AvgIpc) is 2.30. The molecule has 0 saturated heterocycles. The van der Waals surface area contributed by atoms with Gasteiger partial charge >= 0.3 is 5.97 Å². The Morgan fingerprint density at radius 2 is 2.19 bits per heavy atom. The predicted molar refractivity (Wildman–Crippen MR) is 60.8 cm³/mol. The van der Waals surface area contributed by atoms with E-state index < -0.39 is 0 Å². The maximum atomic E-state index is 13.4. The summed E-state index contributed by atoms with van der Waals surface area (Å²) in [5.41, 5.74) is 1.47. The molecule has 0 spiro atoms. The van der Waals surface area contributed by atoms with Crippen molar-refractivity contribution in [3.63, 3.8) is 0 Å². The van der Waals surface area contributed by atoms with E-state index in [9.17, 15) is 9.18 Å². The maximum Gasteiger partial charge on any atom is 0.312 e. The summed E-state index contributed by atoms with van der Waals surface area (Å²) >= 11 is 0. The Hall–Kier alpha value is -1.38. The average molecular weight is 224 g/mol. The van der Waals surface area contributed by atoms with Crippen LogP contribution in [0, 0.1) is 5.82 Å². The van der Waals surface area contributed by atoms with E-state index in [4.69, 9.17) is 0 Å². The van der Waals surface area contributed by atoms with Gasteiger partial charge in [-0.25, -0.2) is 4.39 Å². The standard InChI is InChI=1S/C13H17FO2/c1-4-5-11-8-10(6-7-12(11)14)9(2)13(15)16-3/h6-9H,4-5H2,1-3H3. The molecule has 0 aromatic heterocycles. The van der Waals surface area contributed by atoms with Gasteiger partial charge in [-0.3, -0.25) is 4.79 Å². The van der Waals surface area contributed by atoms with Gasteiger partial charge in [0.1, 0.15) is 5.82 Å². The Morgan fingerprint density at radius 3 is 2.75 bits per heavy atom. The molecule has 0 fully saturated rings. The summed E-state index contributed by atoms with van der Waals surface area (Å²) in [6, 6.07) is 4.80. The fourth-order valence-corrected chi connectivity index (χ4v) is 1.64. The first-order valence-electron chi connectivity index (χ1n) is 5.46. The zero-order valence-electron chi connectivity index (χ0n) is 9.92. The molecule has 1 rings (SSSR count). The molecular formula is C13H17FO2. The molecule has 0 radical (unpaired) electrons. The molecule has 16 heavy (non-hydrogen) atoms. The summed E-state index contributed by atoms with van der Waals surface area (Å²) in [6.07, 6.45) is 1.57. The third-order valence-corrected chi connectivity index (χ3v) is 2.64. The lowest BCUT2D eigenvalue weighted by Crippen LogP contribution is -2.11. The van der Waals surface area contributed by atoms with Crippen molar-refractivity contribution in [3.05, 3.63) is 35.1 Å². The molecule has 2 nitrogen and oxygen atoms in total. The number of rotatable bonds is 4. The van der Waals surface area contributed by atoms with Gasteiger partial charge in [-0.05, 0) is 30.5 Å². The molecule has 3 heteroatoms. The van der Waals surface area contributed by atoms with E-state index in [2.05, 4.69) is 4.74 Å². The van der Waals surface area contributed by atoms with Crippen molar-refractivity contribution < 1.29 is 13.9 Å². The van der Waals surface area contributed by atoms with Crippen LogP contribution in [0.5, 0.6) is 0 Å². The van der Waals surface area contributed by atoms with Crippen molar-refractivity contribution in [3.8, 4) is 0 Å². The van der Waals surface area contributed by atoms with E-state index in [0.29, 0.717) is 12.0 Å². The smallest absolute Gasteiger partial charge is 0.312 e. The quantitative estimate of drug-likeness (QED) is 0.735. The van der Waals surface area contributed by atoms with E-state index in [0.717, 1.165) is 12.0 Å². The van der Waals surface area contributed by atoms with Gasteiger partial charge in [0.05, 0.1) is 13.0 Å². The zero-order valence-corrected chi connectivity index (χ0v) is 9.92. The summed E-state index contributed by atoms with van der Waals surface area (Å²) in [5.74, 6) is -0.849. The molecule has 0 N–H and O–H groups in total. The van der Waals surface area contributed by atoms with Gasteiger partial charge in [0, 0.05) is 0 Å². The molecular weight excluding hydrogens is 207 g/mol. The molecule has 88 valence electrons. The number of aryl methyl sites for hydroxylation is 1. The molecule has 1 atom stereocenters. The van der Waals surface area contributed by atoms with E-state index in [1.54, 1.807) is 19.1 Å². The van der Waals surface area contributed by atoms with Crippen LogP contribution in [-0.4, -0.2) is 13.1 Å². The van der Waals surface area contributed by atoms with Gasteiger partial charge in [0.2, 0.25) is 0 Å². The van der Waals surface area contributed by atoms with Crippen molar-refractivity contribution in [2.75, 3.05) is 7.11 Å². The van der Waals surface area contributed by atoms with Gasteiger partial charge in [0.25, 0.3) is 0 Å². The summed E-state index contributed by atoms with van der Waals surface area (Å²) < 4.78 is 18.1. The van der Waals surface area contributed by atoms with E-state index in [1.165, 1.54) is 13.2 Å². The van der Waals surface area contributed by atoms with Crippen molar-refractivity contribution >= 4 is 5.97 Å². The highest BCUT2D eigenvalue weighted by atomic mass is 19.1. The number of carbonyl (C=O) groups excluding carboxylic acids is 1. The van der Waals surface area contributed by atoms with Crippen LogP contribution in [0.1, 0.15) is 37.3 Å². The van der Waals surface area contributed by atoms with Gasteiger partial charge in [-0.1, -0.05) is 25.5 Å². The SMILES string of the molecule is CCCc1cc(C(C)C(=O)OC)ccc1F. The first-order valence-corrected chi connectivity index (χ1v) is 5.46. The van der Waals surface area contributed by atoms with Crippen LogP contribution < -0.4 is 0 Å². The fourth-order valence-electron chi connectivity index (χ4n) is 1.64. The highest BCUT2D eigenvalue weighted by molar-refractivity contribution is 5.77. The number of ether oxygens (including phenoxy) is 1. The maximum absolute atomic E-state index is 13.4. The van der Waals surface area contributed by atoms with Crippen LogP contribution in [0.2, 0.25) is 0 Å². The summed E-state index contributed by atoms with van der Waals surface area (Å²) in [7, 11) is 1.36. The normalized spacial score (nSPS) is 12.2.